The zero-order chi connectivity index (χ0) is 27.4. The highest BCUT2D eigenvalue weighted by atomic mass is 19.4. The molecule has 0 bridgehead atoms. The molecule has 11 heteroatoms. The molecule has 196 valence electrons. The number of aliphatic carboxylic acids is 1. The summed E-state index contributed by atoms with van der Waals surface area (Å²) in [5, 5.41) is 8.96. The van der Waals surface area contributed by atoms with Crippen LogP contribution in [0.3, 0.4) is 0 Å². The summed E-state index contributed by atoms with van der Waals surface area (Å²) >= 11 is 0. The minimum absolute atomic E-state index is 0.0984. The third-order valence-corrected chi connectivity index (χ3v) is 5.65. The summed E-state index contributed by atoms with van der Waals surface area (Å²) in [5.41, 5.74) is 13.5. The number of hydrogen-bond acceptors (Lipinski definition) is 6. The highest BCUT2D eigenvalue weighted by Crippen LogP contribution is 2.38. The number of carboxylic acid groups (broad SMARTS) is 1. The molecule has 0 amide bonds. The maximum Gasteiger partial charge on any atom is 0.429 e. The second-order valence-electron chi connectivity index (χ2n) is 8.47. The number of halogens is 4. The molecule has 0 saturated carbocycles. The Labute approximate surface area is 214 Å². The average Bonchev–Trinajstić information content (AvgIpc) is 2.87. The number of benzene rings is 3. The van der Waals surface area contributed by atoms with Crippen molar-refractivity contribution >= 4 is 11.9 Å². The number of carbonyl (C=O) groups is 1. The van der Waals surface area contributed by atoms with Gasteiger partial charge in [-0.15, -0.1) is 0 Å². The minimum Gasteiger partial charge on any atom is -0.480 e. The zero-order valence-electron chi connectivity index (χ0n) is 19.7. The molecule has 0 fully saturated rings. The van der Waals surface area contributed by atoms with E-state index in [0.29, 0.717) is 22.3 Å². The van der Waals surface area contributed by atoms with Crippen molar-refractivity contribution in [1.82, 2.24) is 9.97 Å². The summed E-state index contributed by atoms with van der Waals surface area (Å²) < 4.78 is 60.8. The lowest BCUT2D eigenvalue weighted by Crippen LogP contribution is -2.32. The maximum atomic E-state index is 14.0. The molecule has 5 N–H and O–H groups in total. The van der Waals surface area contributed by atoms with Crippen molar-refractivity contribution in [2.45, 2.75) is 24.7 Å². The predicted octanol–water partition coefficient (Wildman–Crippen LogP) is 5.17. The predicted molar refractivity (Wildman–Crippen MR) is 132 cm³/mol. The molecular weight excluding hydrogens is 504 g/mol. The molecule has 0 radical (unpaired) electrons. The Morgan fingerprint density at radius 1 is 0.921 bits per heavy atom. The number of rotatable bonds is 8. The van der Waals surface area contributed by atoms with E-state index in [9.17, 15) is 22.4 Å². The van der Waals surface area contributed by atoms with Crippen molar-refractivity contribution in [2.24, 2.45) is 5.73 Å². The summed E-state index contributed by atoms with van der Waals surface area (Å²) in [4.78, 5) is 18.8. The minimum atomic E-state index is -4.79. The zero-order valence-corrected chi connectivity index (χ0v) is 19.7. The number of nitrogens with two attached hydrogens (primary N) is 2. The molecule has 4 aromatic rings. The van der Waals surface area contributed by atoms with E-state index in [-0.39, 0.29) is 29.5 Å². The lowest BCUT2D eigenvalue weighted by Gasteiger charge is -2.22. The Kier molecular flexibility index (Phi) is 7.58. The second kappa shape index (κ2) is 10.9. The van der Waals surface area contributed by atoms with E-state index < -0.39 is 30.1 Å². The van der Waals surface area contributed by atoms with E-state index in [4.69, 9.17) is 21.3 Å². The Morgan fingerprint density at radius 3 is 2.18 bits per heavy atom. The van der Waals surface area contributed by atoms with Gasteiger partial charge in [0.1, 0.15) is 11.9 Å². The summed E-state index contributed by atoms with van der Waals surface area (Å²) in [7, 11) is 0. The maximum absolute atomic E-state index is 14.0. The van der Waals surface area contributed by atoms with Crippen LogP contribution in [0.15, 0.2) is 78.9 Å². The van der Waals surface area contributed by atoms with Crippen molar-refractivity contribution in [2.75, 3.05) is 5.73 Å². The third kappa shape index (κ3) is 6.43. The van der Waals surface area contributed by atoms with Crippen molar-refractivity contribution in [1.29, 1.82) is 0 Å². The monoisotopic (exact) mass is 526 g/mol. The smallest absolute Gasteiger partial charge is 0.429 e. The number of ether oxygens (including phenoxy) is 1. The number of anilines is 1. The molecule has 0 aliphatic carbocycles. The van der Waals surface area contributed by atoms with Gasteiger partial charge in [0, 0.05) is 17.2 Å². The van der Waals surface area contributed by atoms with E-state index in [1.807, 2.05) is 0 Å². The Bertz CT molecular complexity index is 1430. The lowest BCUT2D eigenvalue weighted by molar-refractivity contribution is -0.198. The number of nitrogen functional groups attached to an aromatic ring is 1. The number of nitrogens with zero attached hydrogens (tertiary/aromatic N) is 2. The van der Waals surface area contributed by atoms with Crippen LogP contribution >= 0.6 is 0 Å². The Hall–Kier alpha value is -4.51. The molecule has 7 nitrogen and oxygen atoms in total. The molecule has 1 heterocycles. The standard InChI is InChI=1S/C27H22F4N4O3/c28-20-3-1-2-19(13-20)16-8-10-18(11-9-16)24(27(29,30)31)38-23-14-22(34-26(33)35-23)17-6-4-15(5-7-17)12-21(32)25(36)37/h1-11,13-14,21,24H,12,32H2,(H,36,37)(H2,33,34,35). The van der Waals surface area contributed by atoms with Gasteiger partial charge in [-0.3, -0.25) is 4.79 Å². The topological polar surface area (TPSA) is 124 Å². The van der Waals surface area contributed by atoms with Gasteiger partial charge < -0.3 is 21.3 Å². The molecule has 3 aromatic carbocycles. The molecule has 2 atom stereocenters. The van der Waals surface area contributed by atoms with Crippen LogP contribution in [0.4, 0.5) is 23.5 Å². The fourth-order valence-electron chi connectivity index (χ4n) is 3.77. The van der Waals surface area contributed by atoms with Gasteiger partial charge in [0.25, 0.3) is 0 Å². The largest absolute Gasteiger partial charge is 0.480 e. The van der Waals surface area contributed by atoms with Gasteiger partial charge >= 0.3 is 12.1 Å². The highest BCUT2D eigenvalue weighted by Gasteiger charge is 2.43. The van der Waals surface area contributed by atoms with E-state index in [0.717, 1.165) is 0 Å². The van der Waals surface area contributed by atoms with Gasteiger partial charge in [0.15, 0.2) is 0 Å². The number of carboxylic acids is 1. The summed E-state index contributed by atoms with van der Waals surface area (Å²) in [5.74, 6) is -2.28. The quantitative estimate of drug-likeness (QED) is 0.271. The van der Waals surface area contributed by atoms with Crippen LogP contribution in [0.5, 0.6) is 5.88 Å². The van der Waals surface area contributed by atoms with Gasteiger partial charge in [-0.25, -0.2) is 9.37 Å². The van der Waals surface area contributed by atoms with Crippen molar-refractivity contribution in [3.63, 3.8) is 0 Å². The normalized spacial score (nSPS) is 13.1. The van der Waals surface area contributed by atoms with Gasteiger partial charge in [0.05, 0.1) is 5.69 Å². The fourth-order valence-corrected chi connectivity index (χ4v) is 3.77. The highest BCUT2D eigenvalue weighted by molar-refractivity contribution is 5.73. The first-order chi connectivity index (χ1) is 18.0. The molecular formula is C27H22F4N4O3. The van der Waals surface area contributed by atoms with E-state index in [2.05, 4.69) is 9.97 Å². The van der Waals surface area contributed by atoms with Crippen LogP contribution < -0.4 is 16.2 Å². The van der Waals surface area contributed by atoms with E-state index in [1.165, 1.54) is 48.5 Å². The first-order valence-corrected chi connectivity index (χ1v) is 11.3. The molecule has 38 heavy (non-hydrogen) atoms. The van der Waals surface area contributed by atoms with Crippen LogP contribution in [-0.2, 0) is 11.2 Å². The second-order valence-corrected chi connectivity index (χ2v) is 8.47. The number of hydrogen-bond donors (Lipinski definition) is 3. The van der Waals surface area contributed by atoms with Crippen molar-refractivity contribution in [3.8, 4) is 28.3 Å². The lowest BCUT2D eigenvalue weighted by atomic mass is 10.0. The molecule has 1 aromatic heterocycles. The SMILES string of the molecule is Nc1nc(OC(c2ccc(-c3cccc(F)c3)cc2)C(F)(F)F)cc(-c2ccc(CC(N)C(=O)O)cc2)n1. The molecule has 0 spiro atoms. The van der Waals surface area contributed by atoms with Crippen LogP contribution in [0.1, 0.15) is 17.2 Å². The van der Waals surface area contributed by atoms with Crippen LogP contribution in [0, 0.1) is 5.82 Å². The van der Waals surface area contributed by atoms with Crippen molar-refractivity contribution < 1.29 is 32.2 Å². The molecule has 2 unspecified atom stereocenters. The van der Waals surface area contributed by atoms with Gasteiger partial charge in [-0.2, -0.15) is 18.2 Å². The van der Waals surface area contributed by atoms with Gasteiger partial charge in [-0.05, 0) is 35.2 Å². The number of aromatic nitrogens is 2. The third-order valence-electron chi connectivity index (χ3n) is 5.65. The summed E-state index contributed by atoms with van der Waals surface area (Å²) in [6.45, 7) is 0. The van der Waals surface area contributed by atoms with Gasteiger partial charge in [-0.1, -0.05) is 60.7 Å². The van der Waals surface area contributed by atoms with Crippen LogP contribution in [0.25, 0.3) is 22.4 Å². The number of alkyl halides is 3. The summed E-state index contributed by atoms with van der Waals surface area (Å²) in [6.07, 6.45) is -7.04. The Morgan fingerprint density at radius 2 is 1.58 bits per heavy atom. The van der Waals surface area contributed by atoms with E-state index in [1.54, 1.807) is 30.3 Å². The molecule has 0 saturated heterocycles. The van der Waals surface area contributed by atoms with Gasteiger partial charge in [0.2, 0.25) is 17.9 Å². The van der Waals surface area contributed by atoms with Crippen LogP contribution in [-0.4, -0.2) is 33.3 Å². The fraction of sp³-hybridized carbons (Fsp3) is 0.148. The Balaban J connectivity index is 1.58. The average molecular weight is 526 g/mol. The first kappa shape index (κ1) is 26.6. The molecule has 4 rings (SSSR count). The van der Waals surface area contributed by atoms with E-state index >= 15 is 0 Å². The first-order valence-electron chi connectivity index (χ1n) is 11.3. The van der Waals surface area contributed by atoms with Crippen molar-refractivity contribution in [3.05, 3.63) is 95.8 Å². The summed E-state index contributed by atoms with van der Waals surface area (Å²) in [6, 6.07) is 17.8. The van der Waals surface area contributed by atoms with Crippen LogP contribution in [0.2, 0.25) is 0 Å². The molecule has 0 aliphatic heterocycles. The molecule has 0 aliphatic rings.